The molecule has 0 unspecified atom stereocenters. The van der Waals surface area contributed by atoms with Crippen molar-refractivity contribution in [3.8, 4) is 5.75 Å². The van der Waals surface area contributed by atoms with E-state index in [1.165, 1.54) is 4.90 Å². The van der Waals surface area contributed by atoms with Crippen LogP contribution < -0.4 is 10.1 Å². The van der Waals surface area contributed by atoms with Gasteiger partial charge in [-0.3, -0.25) is 0 Å². The Labute approximate surface area is 107 Å². The first-order valence-corrected chi connectivity index (χ1v) is 5.63. The zero-order valence-electron chi connectivity index (χ0n) is 10.4. The molecule has 0 aliphatic rings. The minimum atomic E-state index is -0.269. The molecule has 0 heterocycles. The highest BCUT2D eigenvalue weighted by molar-refractivity contribution is 5.89. The molecule has 5 nitrogen and oxygen atoms in total. The summed E-state index contributed by atoms with van der Waals surface area (Å²) in [6.07, 6.45) is 1.61. The molecule has 0 saturated heterocycles. The molecule has 98 valence electrons. The Balaban J connectivity index is 2.63. The van der Waals surface area contributed by atoms with Crippen molar-refractivity contribution in [1.82, 2.24) is 4.90 Å². The van der Waals surface area contributed by atoms with E-state index >= 15 is 0 Å². The molecule has 0 aliphatic heterocycles. The van der Waals surface area contributed by atoms with Crippen LogP contribution in [-0.2, 0) is 0 Å². The number of nitrogens with one attached hydrogen (secondary N) is 1. The molecular formula is C13H18N2O3. The Hall–Kier alpha value is -2.01. The molecular weight excluding hydrogens is 232 g/mol. The highest BCUT2D eigenvalue weighted by atomic mass is 16.5. The summed E-state index contributed by atoms with van der Waals surface area (Å²) in [5.74, 6) is 0.728. The third-order valence-corrected chi connectivity index (χ3v) is 2.35. The largest absolute Gasteiger partial charge is 0.497 e. The molecule has 1 aromatic rings. The maximum atomic E-state index is 11.9. The Morgan fingerprint density at radius 2 is 2.17 bits per heavy atom. The van der Waals surface area contributed by atoms with E-state index in [1.54, 1.807) is 37.5 Å². The van der Waals surface area contributed by atoms with E-state index in [9.17, 15) is 4.79 Å². The van der Waals surface area contributed by atoms with Crippen molar-refractivity contribution < 1.29 is 14.6 Å². The number of hydrogen-bond acceptors (Lipinski definition) is 3. The summed E-state index contributed by atoms with van der Waals surface area (Å²) >= 11 is 0. The first-order chi connectivity index (χ1) is 8.71. The van der Waals surface area contributed by atoms with E-state index in [2.05, 4.69) is 11.9 Å². The number of anilines is 1. The van der Waals surface area contributed by atoms with Crippen LogP contribution in [0.25, 0.3) is 0 Å². The van der Waals surface area contributed by atoms with Crippen molar-refractivity contribution in [3.05, 3.63) is 36.9 Å². The van der Waals surface area contributed by atoms with Crippen LogP contribution in [0.3, 0.4) is 0 Å². The average molecular weight is 250 g/mol. The second kappa shape index (κ2) is 7.34. The van der Waals surface area contributed by atoms with Crippen molar-refractivity contribution in [1.29, 1.82) is 0 Å². The van der Waals surface area contributed by atoms with Gasteiger partial charge in [0.25, 0.3) is 0 Å². The SMILES string of the molecule is C=CCN(CCO)C(=O)Nc1ccc(OC)cc1. The number of urea groups is 1. The van der Waals surface area contributed by atoms with Crippen molar-refractivity contribution in [2.45, 2.75) is 0 Å². The Morgan fingerprint density at radius 1 is 1.50 bits per heavy atom. The van der Waals surface area contributed by atoms with Crippen molar-refractivity contribution >= 4 is 11.7 Å². The van der Waals surface area contributed by atoms with Gasteiger partial charge in [-0.1, -0.05) is 6.08 Å². The fraction of sp³-hybridized carbons (Fsp3) is 0.308. The van der Waals surface area contributed by atoms with Crippen LogP contribution in [0.5, 0.6) is 5.75 Å². The standard InChI is InChI=1S/C13H18N2O3/c1-3-8-15(9-10-16)13(17)14-11-4-6-12(18-2)7-5-11/h3-7,16H,1,8-10H2,2H3,(H,14,17). The molecule has 1 aromatic carbocycles. The number of carbonyl (C=O) groups excluding carboxylic acids is 1. The van der Waals surface area contributed by atoms with E-state index in [0.29, 0.717) is 12.2 Å². The monoisotopic (exact) mass is 250 g/mol. The molecule has 0 radical (unpaired) electrons. The highest BCUT2D eigenvalue weighted by Crippen LogP contribution is 2.15. The molecule has 0 aliphatic carbocycles. The molecule has 18 heavy (non-hydrogen) atoms. The summed E-state index contributed by atoms with van der Waals surface area (Å²) in [5, 5.41) is 11.6. The zero-order chi connectivity index (χ0) is 13.4. The van der Waals surface area contributed by atoms with E-state index in [0.717, 1.165) is 5.75 Å². The van der Waals surface area contributed by atoms with Gasteiger partial charge >= 0.3 is 6.03 Å². The molecule has 5 heteroatoms. The zero-order valence-corrected chi connectivity index (χ0v) is 10.4. The lowest BCUT2D eigenvalue weighted by Crippen LogP contribution is -2.37. The first-order valence-electron chi connectivity index (χ1n) is 5.63. The summed E-state index contributed by atoms with van der Waals surface area (Å²) in [7, 11) is 1.58. The van der Waals surface area contributed by atoms with Gasteiger partial charge in [0, 0.05) is 18.8 Å². The van der Waals surface area contributed by atoms with E-state index in [-0.39, 0.29) is 19.2 Å². The maximum Gasteiger partial charge on any atom is 0.322 e. The van der Waals surface area contributed by atoms with Gasteiger partial charge in [-0.15, -0.1) is 6.58 Å². The summed E-state index contributed by atoms with van der Waals surface area (Å²) in [6, 6.07) is 6.76. The molecule has 2 amide bonds. The molecule has 0 spiro atoms. The van der Waals surface area contributed by atoms with Gasteiger partial charge in [0.2, 0.25) is 0 Å². The predicted octanol–water partition coefficient (Wildman–Crippen LogP) is 1.71. The predicted molar refractivity (Wildman–Crippen MR) is 70.9 cm³/mol. The topological polar surface area (TPSA) is 61.8 Å². The Kier molecular flexibility index (Phi) is 5.73. The quantitative estimate of drug-likeness (QED) is 0.755. The highest BCUT2D eigenvalue weighted by Gasteiger charge is 2.11. The molecule has 0 aromatic heterocycles. The third-order valence-electron chi connectivity index (χ3n) is 2.35. The second-order valence-corrected chi connectivity index (χ2v) is 3.62. The fourth-order valence-corrected chi connectivity index (χ4v) is 1.43. The van der Waals surface area contributed by atoms with Gasteiger partial charge in [-0.25, -0.2) is 4.79 Å². The van der Waals surface area contributed by atoms with Gasteiger partial charge in [0.05, 0.1) is 13.7 Å². The number of ether oxygens (including phenoxy) is 1. The van der Waals surface area contributed by atoms with E-state index in [1.807, 2.05) is 0 Å². The van der Waals surface area contributed by atoms with Gasteiger partial charge in [0.1, 0.15) is 5.75 Å². The lowest BCUT2D eigenvalue weighted by molar-refractivity contribution is 0.195. The smallest absolute Gasteiger partial charge is 0.322 e. The number of nitrogens with zero attached hydrogens (tertiary/aromatic N) is 1. The molecule has 2 N–H and O–H groups in total. The van der Waals surface area contributed by atoms with Crippen LogP contribution >= 0.6 is 0 Å². The Bertz CT molecular complexity index is 390. The third kappa shape index (κ3) is 4.10. The van der Waals surface area contributed by atoms with E-state index < -0.39 is 0 Å². The van der Waals surface area contributed by atoms with Crippen LogP contribution in [0.15, 0.2) is 36.9 Å². The molecule has 1 rings (SSSR count). The number of aliphatic hydroxyl groups excluding tert-OH is 1. The summed E-state index contributed by atoms with van der Waals surface area (Å²) in [4.78, 5) is 13.3. The van der Waals surface area contributed by atoms with Crippen molar-refractivity contribution in [2.75, 3.05) is 32.1 Å². The number of hydrogen-bond donors (Lipinski definition) is 2. The van der Waals surface area contributed by atoms with Gasteiger partial charge < -0.3 is 20.1 Å². The molecule has 0 saturated carbocycles. The second-order valence-electron chi connectivity index (χ2n) is 3.62. The van der Waals surface area contributed by atoms with Crippen molar-refractivity contribution in [3.63, 3.8) is 0 Å². The summed E-state index contributed by atoms with van der Waals surface area (Å²) in [6.45, 7) is 4.16. The van der Waals surface area contributed by atoms with Crippen molar-refractivity contribution in [2.24, 2.45) is 0 Å². The normalized spacial score (nSPS) is 9.67. The number of aliphatic hydroxyl groups is 1. The fourth-order valence-electron chi connectivity index (χ4n) is 1.43. The molecule has 0 atom stereocenters. The van der Waals surface area contributed by atoms with Gasteiger partial charge in [-0.2, -0.15) is 0 Å². The number of benzene rings is 1. The van der Waals surface area contributed by atoms with Crippen LogP contribution in [-0.4, -0.2) is 42.8 Å². The van der Waals surface area contributed by atoms with Crippen LogP contribution in [0.4, 0.5) is 10.5 Å². The summed E-state index contributed by atoms with van der Waals surface area (Å²) in [5.41, 5.74) is 0.674. The lowest BCUT2D eigenvalue weighted by Gasteiger charge is -2.20. The van der Waals surface area contributed by atoms with Crippen LogP contribution in [0.2, 0.25) is 0 Å². The molecule has 0 fully saturated rings. The van der Waals surface area contributed by atoms with Crippen LogP contribution in [0.1, 0.15) is 0 Å². The van der Waals surface area contributed by atoms with E-state index in [4.69, 9.17) is 9.84 Å². The minimum absolute atomic E-state index is 0.0795. The Morgan fingerprint density at radius 3 is 2.67 bits per heavy atom. The number of rotatable bonds is 6. The lowest BCUT2D eigenvalue weighted by atomic mass is 10.3. The molecule has 0 bridgehead atoms. The number of methoxy groups -OCH3 is 1. The first kappa shape index (κ1) is 14.1. The number of carbonyl (C=O) groups is 1. The van der Waals surface area contributed by atoms with Gasteiger partial charge in [-0.05, 0) is 24.3 Å². The average Bonchev–Trinajstić information content (AvgIpc) is 2.39. The summed E-state index contributed by atoms with van der Waals surface area (Å²) < 4.78 is 5.03. The minimum Gasteiger partial charge on any atom is -0.497 e. The number of amides is 2. The van der Waals surface area contributed by atoms with Gasteiger partial charge in [0.15, 0.2) is 0 Å². The maximum absolute atomic E-state index is 11.9. The van der Waals surface area contributed by atoms with Crippen LogP contribution in [0, 0.1) is 0 Å².